The maximum absolute atomic E-state index is 13.1. The van der Waals surface area contributed by atoms with Crippen LogP contribution in [0.5, 0.6) is 5.75 Å². The molecule has 0 saturated carbocycles. The summed E-state index contributed by atoms with van der Waals surface area (Å²) in [6.07, 6.45) is 0. The Kier molecular flexibility index (Phi) is 5.34. The molecule has 1 aliphatic heterocycles. The van der Waals surface area contributed by atoms with Gasteiger partial charge in [0.1, 0.15) is 22.9 Å². The van der Waals surface area contributed by atoms with Gasteiger partial charge < -0.3 is 9.47 Å². The van der Waals surface area contributed by atoms with Gasteiger partial charge in [0.05, 0.1) is 7.11 Å². The van der Waals surface area contributed by atoms with Crippen molar-refractivity contribution in [3.05, 3.63) is 52.0 Å². The van der Waals surface area contributed by atoms with Crippen LogP contribution in [0.3, 0.4) is 0 Å². The molecule has 1 saturated heterocycles. The lowest BCUT2D eigenvalue weighted by atomic mass is 9.74. The second-order valence-electron chi connectivity index (χ2n) is 7.87. The molecule has 3 rings (SSSR count). The Morgan fingerprint density at radius 1 is 0.929 bits per heavy atom. The molecule has 4 nitrogen and oxygen atoms in total. The van der Waals surface area contributed by atoms with Crippen LogP contribution in [0.2, 0.25) is 10.0 Å². The molecule has 0 amide bonds. The molecule has 148 valence electrons. The maximum atomic E-state index is 13.1. The summed E-state index contributed by atoms with van der Waals surface area (Å²) >= 11 is 12.4. The number of ether oxygens (including phenoxy) is 2. The number of halogens is 2. The zero-order valence-corrected chi connectivity index (χ0v) is 17.9. The molecule has 0 unspecified atom stereocenters. The van der Waals surface area contributed by atoms with E-state index in [1.807, 2.05) is 6.07 Å². The van der Waals surface area contributed by atoms with Gasteiger partial charge in [-0.05, 0) is 57.5 Å². The highest BCUT2D eigenvalue weighted by Crippen LogP contribution is 2.43. The third-order valence-electron chi connectivity index (χ3n) is 5.00. The van der Waals surface area contributed by atoms with E-state index in [0.717, 1.165) is 11.1 Å². The molecular formula is C22H22Cl2O4. The summed E-state index contributed by atoms with van der Waals surface area (Å²) in [5.74, 6) is -1.11. The standard InChI is InChI=1S/C22H22Cl2O4/c1-21(2)19(25)18(20(26)22(3,4)28-21)15-10-12(6-9-17(15)27-5)14-8-7-13(23)11-16(14)24/h6-11,18H,1-5H3. The van der Waals surface area contributed by atoms with Crippen LogP contribution < -0.4 is 4.74 Å². The molecule has 6 heteroatoms. The zero-order valence-electron chi connectivity index (χ0n) is 16.4. The van der Waals surface area contributed by atoms with Crippen molar-refractivity contribution < 1.29 is 19.1 Å². The van der Waals surface area contributed by atoms with E-state index in [0.29, 0.717) is 21.4 Å². The van der Waals surface area contributed by atoms with Gasteiger partial charge in [0.25, 0.3) is 0 Å². The largest absolute Gasteiger partial charge is 0.496 e. The summed E-state index contributed by atoms with van der Waals surface area (Å²) in [5, 5.41) is 1.01. The zero-order chi connectivity index (χ0) is 20.9. The van der Waals surface area contributed by atoms with Gasteiger partial charge >= 0.3 is 0 Å². The van der Waals surface area contributed by atoms with E-state index < -0.39 is 17.1 Å². The summed E-state index contributed by atoms with van der Waals surface area (Å²) in [7, 11) is 1.51. The van der Waals surface area contributed by atoms with E-state index in [-0.39, 0.29) is 11.6 Å². The fourth-order valence-electron chi connectivity index (χ4n) is 3.69. The van der Waals surface area contributed by atoms with Crippen molar-refractivity contribution >= 4 is 34.8 Å². The van der Waals surface area contributed by atoms with Crippen LogP contribution in [0.15, 0.2) is 36.4 Å². The van der Waals surface area contributed by atoms with Crippen molar-refractivity contribution in [2.45, 2.75) is 44.8 Å². The summed E-state index contributed by atoms with van der Waals surface area (Å²) < 4.78 is 11.3. The minimum Gasteiger partial charge on any atom is -0.496 e. The fraction of sp³-hybridized carbons (Fsp3) is 0.364. The molecule has 1 aliphatic rings. The molecule has 1 fully saturated rings. The van der Waals surface area contributed by atoms with Crippen LogP contribution in [0.25, 0.3) is 11.1 Å². The summed E-state index contributed by atoms with van der Waals surface area (Å²) in [4.78, 5) is 26.3. The Hall–Kier alpha value is -1.88. The average molecular weight is 421 g/mol. The van der Waals surface area contributed by atoms with Crippen LogP contribution >= 0.6 is 23.2 Å². The van der Waals surface area contributed by atoms with E-state index in [2.05, 4.69) is 0 Å². The third-order valence-corrected chi connectivity index (χ3v) is 5.55. The minimum atomic E-state index is -1.10. The SMILES string of the molecule is COc1ccc(-c2ccc(Cl)cc2Cl)cc1C1C(=O)C(C)(C)OC(C)(C)C1=O. The van der Waals surface area contributed by atoms with E-state index in [1.165, 1.54) is 7.11 Å². The molecule has 0 aliphatic carbocycles. The molecule has 0 spiro atoms. The molecule has 2 aromatic rings. The predicted octanol–water partition coefficient (Wildman–Crippen LogP) is 5.48. The quantitative estimate of drug-likeness (QED) is 0.616. The van der Waals surface area contributed by atoms with Crippen molar-refractivity contribution in [2.75, 3.05) is 7.11 Å². The smallest absolute Gasteiger partial charge is 0.179 e. The van der Waals surface area contributed by atoms with Crippen molar-refractivity contribution in [3.63, 3.8) is 0 Å². The Balaban J connectivity index is 2.19. The summed E-state index contributed by atoms with van der Waals surface area (Å²) in [6, 6.07) is 10.6. The topological polar surface area (TPSA) is 52.6 Å². The van der Waals surface area contributed by atoms with Gasteiger partial charge in [-0.15, -0.1) is 0 Å². The van der Waals surface area contributed by atoms with Crippen molar-refractivity contribution in [2.24, 2.45) is 0 Å². The fourth-order valence-corrected chi connectivity index (χ4v) is 4.20. The van der Waals surface area contributed by atoms with E-state index >= 15 is 0 Å². The maximum Gasteiger partial charge on any atom is 0.179 e. The van der Waals surface area contributed by atoms with Gasteiger partial charge in [-0.25, -0.2) is 0 Å². The first kappa shape index (κ1) is 20.8. The number of carbonyl (C=O) groups excluding carboxylic acids is 2. The van der Waals surface area contributed by atoms with Gasteiger partial charge in [-0.1, -0.05) is 35.3 Å². The molecular weight excluding hydrogens is 399 g/mol. The van der Waals surface area contributed by atoms with Gasteiger partial charge in [0, 0.05) is 21.2 Å². The van der Waals surface area contributed by atoms with Crippen LogP contribution in [0.1, 0.15) is 39.2 Å². The summed E-state index contributed by atoms with van der Waals surface area (Å²) in [5.41, 5.74) is -0.173. The predicted molar refractivity (Wildman–Crippen MR) is 110 cm³/mol. The van der Waals surface area contributed by atoms with Crippen molar-refractivity contribution in [3.8, 4) is 16.9 Å². The molecule has 0 aromatic heterocycles. The molecule has 0 bridgehead atoms. The Labute approximate surface area is 174 Å². The van der Waals surface area contributed by atoms with Crippen molar-refractivity contribution in [1.82, 2.24) is 0 Å². The number of hydrogen-bond acceptors (Lipinski definition) is 4. The van der Waals surface area contributed by atoms with Gasteiger partial charge in [0.15, 0.2) is 11.6 Å². The number of hydrogen-bond donors (Lipinski definition) is 0. The van der Waals surface area contributed by atoms with Crippen LogP contribution in [0.4, 0.5) is 0 Å². The van der Waals surface area contributed by atoms with Crippen LogP contribution in [0, 0.1) is 0 Å². The van der Waals surface area contributed by atoms with Gasteiger partial charge in [-0.3, -0.25) is 9.59 Å². The van der Waals surface area contributed by atoms with Crippen LogP contribution in [-0.4, -0.2) is 29.9 Å². The molecule has 2 aromatic carbocycles. The number of Topliss-reactive ketones (excluding diaryl/α,β-unsaturated/α-hetero) is 2. The number of ketones is 2. The minimum absolute atomic E-state index is 0.297. The lowest BCUT2D eigenvalue weighted by molar-refractivity contribution is -0.184. The van der Waals surface area contributed by atoms with Gasteiger partial charge in [0.2, 0.25) is 0 Å². The first-order valence-corrected chi connectivity index (χ1v) is 9.65. The molecule has 1 heterocycles. The normalized spacial score (nSPS) is 19.0. The van der Waals surface area contributed by atoms with E-state index in [4.69, 9.17) is 32.7 Å². The summed E-state index contributed by atoms with van der Waals surface area (Å²) in [6.45, 7) is 6.73. The Morgan fingerprint density at radius 2 is 1.54 bits per heavy atom. The second-order valence-corrected chi connectivity index (χ2v) is 8.71. The lowest BCUT2D eigenvalue weighted by Crippen LogP contribution is -2.57. The number of methoxy groups -OCH3 is 1. The Morgan fingerprint density at radius 3 is 2.07 bits per heavy atom. The first-order valence-electron chi connectivity index (χ1n) is 8.90. The lowest BCUT2D eigenvalue weighted by Gasteiger charge is -2.42. The number of carbonyl (C=O) groups is 2. The highest BCUT2D eigenvalue weighted by molar-refractivity contribution is 6.36. The third kappa shape index (κ3) is 3.57. The van der Waals surface area contributed by atoms with Gasteiger partial charge in [-0.2, -0.15) is 0 Å². The average Bonchev–Trinajstić information content (AvgIpc) is 2.60. The van der Waals surface area contributed by atoms with Crippen molar-refractivity contribution in [1.29, 1.82) is 0 Å². The van der Waals surface area contributed by atoms with E-state index in [1.54, 1.807) is 58.0 Å². The highest BCUT2D eigenvalue weighted by atomic mass is 35.5. The van der Waals surface area contributed by atoms with Crippen LogP contribution in [-0.2, 0) is 14.3 Å². The molecule has 0 N–H and O–H groups in total. The highest BCUT2D eigenvalue weighted by Gasteiger charge is 2.53. The molecule has 0 radical (unpaired) electrons. The molecule has 28 heavy (non-hydrogen) atoms. The molecule has 0 atom stereocenters. The Bertz CT molecular complexity index is 937. The first-order chi connectivity index (χ1) is 13.0. The number of rotatable bonds is 3. The number of benzene rings is 2. The van der Waals surface area contributed by atoms with E-state index in [9.17, 15) is 9.59 Å². The monoisotopic (exact) mass is 420 g/mol. The second kappa shape index (κ2) is 7.18.